The van der Waals surface area contributed by atoms with Crippen LogP contribution in [0.25, 0.3) is 0 Å². The number of rotatable bonds is 3. The predicted octanol–water partition coefficient (Wildman–Crippen LogP) is 2.01. The Morgan fingerprint density at radius 2 is 2.07 bits per heavy atom. The molecule has 15 heavy (non-hydrogen) atoms. The molecule has 1 atom stereocenters. The van der Waals surface area contributed by atoms with Crippen molar-refractivity contribution >= 4 is 0 Å². The van der Waals surface area contributed by atoms with E-state index in [0.717, 1.165) is 32.5 Å². The summed E-state index contributed by atoms with van der Waals surface area (Å²) in [6.07, 6.45) is -2.71. The van der Waals surface area contributed by atoms with Gasteiger partial charge in [0.1, 0.15) is 0 Å². The zero-order valence-corrected chi connectivity index (χ0v) is 9.11. The van der Waals surface area contributed by atoms with E-state index < -0.39 is 12.6 Å². The molecular weight excluding hydrogens is 205 g/mol. The molecule has 1 heterocycles. The lowest BCUT2D eigenvalue weighted by molar-refractivity contribution is -0.137. The number of nitrogens with one attached hydrogen (secondary N) is 1. The van der Waals surface area contributed by atoms with Gasteiger partial charge in [-0.15, -0.1) is 0 Å². The summed E-state index contributed by atoms with van der Waals surface area (Å²) in [4.78, 5) is 1.90. The molecule has 1 fully saturated rings. The summed E-state index contributed by atoms with van der Waals surface area (Å²) in [5.74, 6) is 0. The fourth-order valence-electron chi connectivity index (χ4n) is 1.84. The van der Waals surface area contributed by atoms with Gasteiger partial charge in [0.2, 0.25) is 0 Å². The molecule has 0 radical (unpaired) electrons. The molecule has 0 aromatic carbocycles. The topological polar surface area (TPSA) is 15.3 Å². The van der Waals surface area contributed by atoms with Gasteiger partial charge in [-0.2, -0.15) is 13.2 Å². The van der Waals surface area contributed by atoms with Crippen LogP contribution in [0.15, 0.2) is 0 Å². The largest absolute Gasteiger partial charge is 0.390 e. The maximum absolute atomic E-state index is 12.0. The second-order valence-corrected chi connectivity index (χ2v) is 4.05. The number of alkyl halides is 3. The smallest absolute Gasteiger partial charge is 0.313 e. The first-order chi connectivity index (χ1) is 7.01. The summed E-state index contributed by atoms with van der Waals surface area (Å²) in [7, 11) is 0. The van der Waals surface area contributed by atoms with Crippen LogP contribution < -0.4 is 5.32 Å². The highest BCUT2D eigenvalue weighted by atomic mass is 19.4. The molecule has 0 amide bonds. The van der Waals surface area contributed by atoms with Gasteiger partial charge in [0.25, 0.3) is 0 Å². The van der Waals surface area contributed by atoms with Crippen molar-refractivity contribution in [1.29, 1.82) is 0 Å². The Morgan fingerprint density at radius 1 is 1.33 bits per heavy atom. The molecule has 90 valence electrons. The molecule has 2 nitrogen and oxygen atoms in total. The Labute approximate surface area is 88.8 Å². The number of halogens is 3. The lowest BCUT2D eigenvalue weighted by Gasteiger charge is -2.20. The summed E-state index contributed by atoms with van der Waals surface area (Å²) in [5.41, 5.74) is 0. The van der Waals surface area contributed by atoms with E-state index in [1.807, 2.05) is 4.90 Å². The molecule has 1 aliphatic heterocycles. The van der Waals surface area contributed by atoms with E-state index in [9.17, 15) is 13.2 Å². The molecule has 1 rings (SSSR count). The maximum Gasteiger partial charge on any atom is 0.390 e. The first-order valence-corrected chi connectivity index (χ1v) is 5.54. The molecule has 0 spiro atoms. The second kappa shape index (κ2) is 5.70. The normalized spacial score (nSPS) is 25.2. The average molecular weight is 224 g/mol. The third-order valence-electron chi connectivity index (χ3n) is 2.86. The number of hydrogen-bond donors (Lipinski definition) is 1. The minimum atomic E-state index is -4.02. The fraction of sp³-hybridized carbons (Fsp3) is 1.00. The van der Waals surface area contributed by atoms with Gasteiger partial charge in [-0.3, -0.25) is 0 Å². The van der Waals surface area contributed by atoms with Crippen molar-refractivity contribution in [3.8, 4) is 0 Å². The molecule has 0 aliphatic carbocycles. The number of hydrogen-bond acceptors (Lipinski definition) is 2. The third kappa shape index (κ3) is 5.37. The average Bonchev–Trinajstić information content (AvgIpc) is 2.38. The van der Waals surface area contributed by atoms with Gasteiger partial charge < -0.3 is 10.2 Å². The Hall–Kier alpha value is -0.290. The molecule has 1 N–H and O–H groups in total. The third-order valence-corrected chi connectivity index (χ3v) is 2.86. The first-order valence-electron chi connectivity index (χ1n) is 5.54. The molecule has 5 heteroatoms. The van der Waals surface area contributed by atoms with Crippen molar-refractivity contribution in [2.24, 2.45) is 0 Å². The van der Waals surface area contributed by atoms with Crippen LogP contribution in [0.3, 0.4) is 0 Å². The lowest BCUT2D eigenvalue weighted by atomic mass is 10.1. The molecular formula is C10H19F3N2. The van der Waals surface area contributed by atoms with Crippen molar-refractivity contribution in [1.82, 2.24) is 10.2 Å². The van der Waals surface area contributed by atoms with Gasteiger partial charge in [-0.25, -0.2) is 0 Å². The van der Waals surface area contributed by atoms with Crippen LogP contribution in [-0.2, 0) is 0 Å². The molecule has 0 bridgehead atoms. The van der Waals surface area contributed by atoms with E-state index in [4.69, 9.17) is 0 Å². The van der Waals surface area contributed by atoms with Gasteiger partial charge >= 0.3 is 6.18 Å². The summed E-state index contributed by atoms with van der Waals surface area (Å²) >= 11 is 0. The lowest BCUT2D eigenvalue weighted by Crippen LogP contribution is -2.32. The van der Waals surface area contributed by atoms with Crippen molar-refractivity contribution in [3.05, 3.63) is 0 Å². The van der Waals surface area contributed by atoms with Crippen molar-refractivity contribution < 1.29 is 13.2 Å². The van der Waals surface area contributed by atoms with Crippen LogP contribution in [0.1, 0.15) is 26.2 Å². The Morgan fingerprint density at radius 3 is 2.67 bits per heavy atom. The quantitative estimate of drug-likeness (QED) is 0.789. The summed E-state index contributed by atoms with van der Waals surface area (Å²) in [5, 5.41) is 3.34. The van der Waals surface area contributed by atoms with Crippen LogP contribution >= 0.6 is 0 Å². The molecule has 0 saturated carbocycles. The van der Waals surface area contributed by atoms with E-state index >= 15 is 0 Å². The van der Waals surface area contributed by atoms with Gasteiger partial charge in [0, 0.05) is 25.7 Å². The predicted molar refractivity (Wildman–Crippen MR) is 53.8 cm³/mol. The molecule has 1 aliphatic rings. The highest BCUT2D eigenvalue weighted by Gasteiger charge is 2.28. The van der Waals surface area contributed by atoms with Gasteiger partial charge in [-0.1, -0.05) is 6.92 Å². The standard InChI is InChI=1S/C10H19F3N2/c1-2-9-3-6-15(8-5-14-9)7-4-10(11,12)13/h9,14H,2-8H2,1H3. The van der Waals surface area contributed by atoms with Gasteiger partial charge in [-0.05, 0) is 19.4 Å². The SMILES string of the molecule is CCC1CCN(CCC(F)(F)F)CCN1. The number of nitrogens with zero attached hydrogens (tertiary/aromatic N) is 1. The summed E-state index contributed by atoms with van der Waals surface area (Å²) < 4.78 is 36.0. The molecule has 1 unspecified atom stereocenters. The van der Waals surface area contributed by atoms with Crippen LogP contribution in [0.4, 0.5) is 13.2 Å². The Bertz CT molecular complexity index is 182. The highest BCUT2D eigenvalue weighted by molar-refractivity contribution is 4.74. The minimum Gasteiger partial charge on any atom is -0.313 e. The Balaban J connectivity index is 2.25. The second-order valence-electron chi connectivity index (χ2n) is 4.05. The zero-order chi connectivity index (χ0) is 11.3. The minimum absolute atomic E-state index is 0.140. The fourth-order valence-corrected chi connectivity index (χ4v) is 1.84. The first kappa shape index (κ1) is 12.8. The Kier molecular flexibility index (Phi) is 4.86. The van der Waals surface area contributed by atoms with Crippen LogP contribution in [0.5, 0.6) is 0 Å². The van der Waals surface area contributed by atoms with Crippen molar-refractivity contribution in [2.75, 3.05) is 26.2 Å². The van der Waals surface area contributed by atoms with Gasteiger partial charge in [0.15, 0.2) is 0 Å². The summed E-state index contributed by atoms with van der Waals surface area (Å²) in [6.45, 7) is 4.55. The van der Waals surface area contributed by atoms with E-state index in [-0.39, 0.29) is 6.54 Å². The van der Waals surface area contributed by atoms with E-state index in [1.165, 1.54) is 0 Å². The van der Waals surface area contributed by atoms with E-state index in [0.29, 0.717) is 6.04 Å². The monoisotopic (exact) mass is 224 g/mol. The van der Waals surface area contributed by atoms with Crippen LogP contribution in [-0.4, -0.2) is 43.3 Å². The van der Waals surface area contributed by atoms with E-state index in [1.54, 1.807) is 0 Å². The van der Waals surface area contributed by atoms with Crippen LogP contribution in [0, 0.1) is 0 Å². The van der Waals surface area contributed by atoms with Gasteiger partial charge in [0.05, 0.1) is 6.42 Å². The molecule has 0 aromatic heterocycles. The maximum atomic E-state index is 12.0. The zero-order valence-electron chi connectivity index (χ0n) is 9.11. The van der Waals surface area contributed by atoms with Crippen LogP contribution in [0.2, 0.25) is 0 Å². The molecule has 1 saturated heterocycles. The highest BCUT2D eigenvalue weighted by Crippen LogP contribution is 2.20. The molecule has 0 aromatic rings. The van der Waals surface area contributed by atoms with Crippen molar-refractivity contribution in [3.63, 3.8) is 0 Å². The van der Waals surface area contributed by atoms with E-state index in [2.05, 4.69) is 12.2 Å². The summed E-state index contributed by atoms with van der Waals surface area (Å²) in [6, 6.07) is 0.473. The van der Waals surface area contributed by atoms with Crippen molar-refractivity contribution in [2.45, 2.75) is 38.4 Å².